The van der Waals surface area contributed by atoms with Crippen molar-refractivity contribution >= 4 is 36.3 Å². The van der Waals surface area contributed by atoms with Gasteiger partial charge in [0.15, 0.2) is 25.1 Å². The average Bonchev–Trinajstić information content (AvgIpc) is 0.759. The molecule has 21 N–H and O–H groups in total. The number of aliphatic hydroxyl groups is 18. The second kappa shape index (κ2) is 34.8. The van der Waals surface area contributed by atoms with Crippen molar-refractivity contribution in [1.29, 1.82) is 0 Å². The van der Waals surface area contributed by atoms with Crippen molar-refractivity contribution in [2.75, 3.05) is 59.0 Å². The summed E-state index contributed by atoms with van der Waals surface area (Å²) in [5, 5.41) is 223. The van der Waals surface area contributed by atoms with Crippen LogP contribution in [0.1, 0.15) is 59.3 Å². The number of ether oxygens (including phenoxy) is 11. The van der Waals surface area contributed by atoms with Crippen molar-refractivity contribution in [3.63, 3.8) is 0 Å². The summed E-state index contributed by atoms with van der Waals surface area (Å²) in [6, 6.07) is -1.94. The highest BCUT2D eigenvalue weighted by Gasteiger charge is 2.63. The molecule has 0 radical (unpaired) electrons. The van der Waals surface area contributed by atoms with E-state index in [0.717, 1.165) is 12.0 Å². The predicted molar refractivity (Wildman–Crippen MR) is 300 cm³/mol. The lowest BCUT2D eigenvalue weighted by Gasteiger charge is -2.53. The molecule has 0 spiro atoms. The number of ketones is 1. The smallest absolute Gasteiger partial charge is 0.364 e. The molecule has 0 aliphatic carbocycles. The summed E-state index contributed by atoms with van der Waals surface area (Å²) in [6.07, 6.45) is -56.7. The van der Waals surface area contributed by atoms with Gasteiger partial charge in [-0.15, -0.1) is 0 Å². The Kier molecular flexibility index (Phi) is 29.6. The van der Waals surface area contributed by atoms with Gasteiger partial charge in [-0.25, -0.2) is 9.59 Å². The van der Waals surface area contributed by atoms with Gasteiger partial charge in [-0.1, -0.05) is 13.8 Å². The van der Waals surface area contributed by atoms with E-state index in [2.05, 4.69) is 17.9 Å². The molecule has 6 rings (SSSR count). The molecule has 0 bridgehead atoms. The number of rotatable bonds is 32. The number of thiol groups is 1. The summed E-state index contributed by atoms with van der Waals surface area (Å²) in [5.41, 5.74) is 0. The third-order valence-electron chi connectivity index (χ3n) is 17.4. The Morgan fingerprint density at radius 3 is 1.65 bits per heavy atom. The lowest BCUT2D eigenvalue weighted by atomic mass is 9.83. The van der Waals surface area contributed by atoms with Gasteiger partial charge in [0.05, 0.1) is 70.7 Å². The number of hydroxylamine groups is 2. The summed E-state index contributed by atoms with van der Waals surface area (Å²) in [7, 11) is 1.29. The molecule has 32 atom stereocenters. The van der Waals surface area contributed by atoms with Crippen LogP contribution in [0.3, 0.4) is 0 Å². The lowest BCUT2D eigenvalue weighted by molar-refractivity contribution is -0.406. The van der Waals surface area contributed by atoms with Crippen molar-refractivity contribution in [3.8, 4) is 0 Å². The Balaban J connectivity index is 1.39. The summed E-state index contributed by atoms with van der Waals surface area (Å²) in [4.78, 5) is 58.0. The average molecular weight is 1380 g/mol. The highest BCUT2D eigenvalue weighted by Crippen LogP contribution is 2.44. The fourth-order valence-corrected chi connectivity index (χ4v) is 12.1. The summed E-state index contributed by atoms with van der Waals surface area (Å²) < 4.78 is 65.3. The van der Waals surface area contributed by atoms with E-state index in [0.29, 0.717) is 12.2 Å². The van der Waals surface area contributed by atoms with Crippen LogP contribution in [0.25, 0.3) is 0 Å². The number of Topliss-reactive ketones (excluding diaryl/α,β-unsaturated/α-hetero) is 1. The minimum absolute atomic E-state index is 0.0602. The zero-order chi connectivity index (χ0) is 69.3. The van der Waals surface area contributed by atoms with Crippen LogP contribution < -0.4 is 5.32 Å². The summed E-state index contributed by atoms with van der Waals surface area (Å²) in [6.45, 7) is -3.54. The molecule has 1 amide bonds. The van der Waals surface area contributed by atoms with Gasteiger partial charge in [-0.2, -0.15) is 17.7 Å². The number of aliphatic carboxylic acids is 2. The molecule has 10 unspecified atom stereocenters. The number of nitrogens with one attached hydrogen (secondary N) is 1. The van der Waals surface area contributed by atoms with Crippen molar-refractivity contribution in [1.82, 2.24) is 10.4 Å². The first-order valence-electron chi connectivity index (χ1n) is 30.2. The van der Waals surface area contributed by atoms with Crippen LogP contribution in [0.4, 0.5) is 0 Å². The van der Waals surface area contributed by atoms with Gasteiger partial charge in [0.1, 0.15) is 128 Å². The maximum atomic E-state index is 14.0. The van der Waals surface area contributed by atoms with Gasteiger partial charge < -0.3 is 160 Å². The Morgan fingerprint density at radius 2 is 1.09 bits per heavy atom. The van der Waals surface area contributed by atoms with Crippen molar-refractivity contribution in [2.24, 2.45) is 11.8 Å². The van der Waals surface area contributed by atoms with E-state index in [1.807, 2.05) is 0 Å². The number of amides is 1. The van der Waals surface area contributed by atoms with Crippen LogP contribution in [0, 0.1) is 11.8 Å². The van der Waals surface area contributed by atoms with Crippen molar-refractivity contribution in [3.05, 3.63) is 0 Å². The highest BCUT2D eigenvalue weighted by atomic mass is 32.1. The maximum Gasteiger partial charge on any atom is 0.364 e. The second-order valence-electron chi connectivity index (χ2n) is 23.9. The number of nitrogens with zero attached hydrogens (tertiary/aromatic N) is 1. The first kappa shape index (κ1) is 79.2. The molecular formula is C54H92N2O36S. The molecule has 38 nitrogen and oxygen atoms in total. The quantitative estimate of drug-likeness (QED) is 0.0169. The third kappa shape index (κ3) is 18.0. The van der Waals surface area contributed by atoms with Crippen molar-refractivity contribution in [2.45, 2.75) is 242 Å². The largest absolute Gasteiger partial charge is 0.477 e. The number of carboxylic acid groups (broad SMARTS) is 2. The van der Waals surface area contributed by atoms with E-state index in [9.17, 15) is 121 Å². The molecule has 6 aliphatic heterocycles. The fraction of sp³-hybridized carbons (Fsp3) is 0.926. The number of carbonyl (C=O) groups excluding carboxylic acids is 2. The molecule has 0 aromatic rings. The Morgan fingerprint density at radius 1 is 0.581 bits per heavy atom. The molecule has 6 fully saturated rings. The minimum atomic E-state index is -3.45. The van der Waals surface area contributed by atoms with Crippen LogP contribution in [0.5, 0.6) is 0 Å². The van der Waals surface area contributed by atoms with Gasteiger partial charge in [0.25, 0.3) is 11.6 Å². The van der Waals surface area contributed by atoms with E-state index < -0.39 is 265 Å². The molecule has 0 aromatic carbocycles. The number of hydrogen-bond donors (Lipinski definition) is 22. The third-order valence-corrected chi connectivity index (χ3v) is 17.8. The molecule has 6 saturated heterocycles. The van der Waals surface area contributed by atoms with E-state index in [-0.39, 0.29) is 31.7 Å². The van der Waals surface area contributed by atoms with Gasteiger partial charge in [0, 0.05) is 51.5 Å². The second-order valence-corrected chi connectivity index (χ2v) is 24.4. The van der Waals surface area contributed by atoms with Crippen molar-refractivity contribution < 1.29 is 178 Å². The topological polar surface area (TPSA) is 599 Å². The predicted octanol–water partition coefficient (Wildman–Crippen LogP) is -11.1. The number of likely N-dealkylation sites (N-methyl/N-ethyl adjacent to an activating group) is 1. The van der Waals surface area contributed by atoms with Crippen LogP contribution in [0.2, 0.25) is 0 Å². The normalized spacial score (nSPS) is 43.1. The number of carboxylic acids is 2. The lowest BCUT2D eigenvalue weighted by Crippen LogP contribution is -2.71. The number of aliphatic hydroxyl groups excluding tert-OH is 18. The summed E-state index contributed by atoms with van der Waals surface area (Å²) in [5.74, 6) is -14.0. The molecule has 0 saturated carbocycles. The highest BCUT2D eigenvalue weighted by molar-refractivity contribution is 7.80. The first-order valence-corrected chi connectivity index (χ1v) is 30.8. The monoisotopic (exact) mass is 1380 g/mol. The van der Waals surface area contributed by atoms with Crippen LogP contribution in [0.15, 0.2) is 0 Å². The van der Waals surface area contributed by atoms with Gasteiger partial charge >= 0.3 is 11.9 Å². The van der Waals surface area contributed by atoms with E-state index in [1.165, 1.54) is 20.9 Å². The number of carbonyl (C=O) groups is 4. The standard InChI is InChI=1S/C54H92N2O36S/c1-19-23(65)11-53(51(77)78,90-41(19)32(68)25(67)13-57)89-28(16-60)35(71)42-20(2)24(66)12-54(91-42,52(79)80)92-46-40(76)50(86-43-29(17-61)82-47(38(74)37(43)73)56(4)81-9-5-7-22(64)8-6-10-93)85-30(18-62)44(46)87-48-31(55-21(3)63)45(34(70)27(15-59)83-48)88-49-39(75)36(72)33(69)26(14-58)84-49/h19-20,23-50,57-62,65-76,93H,5-18H2,1-4H3,(H,55,63)(H,77,78)(H,79,80)/t19-,20-,23?,24?,25-,26?,27?,28-,29?,30?,31?,32-,33+,34+,35-,36+,37-,38?,39?,40?,41-,42-,43-,44+,45-,46-,47-,48+,49+,50+,53-,54+/m1/s1. The van der Waals surface area contributed by atoms with E-state index >= 15 is 0 Å². The van der Waals surface area contributed by atoms with Crippen LogP contribution >= 0.6 is 12.6 Å². The molecule has 39 heteroatoms. The van der Waals surface area contributed by atoms with Crippen LogP contribution in [-0.2, 0) is 76.1 Å². The molecule has 6 heterocycles. The Labute approximate surface area is 536 Å². The Bertz CT molecular complexity index is 2360. The van der Waals surface area contributed by atoms with Gasteiger partial charge in [-0.05, 0) is 18.6 Å². The first-order chi connectivity index (χ1) is 43.8. The maximum absolute atomic E-state index is 14.0. The number of hydrogen-bond acceptors (Lipinski definition) is 36. The summed E-state index contributed by atoms with van der Waals surface area (Å²) >= 11 is 4.10. The van der Waals surface area contributed by atoms with E-state index in [4.69, 9.17) is 56.9 Å². The molecule has 540 valence electrons. The molecule has 0 aromatic heterocycles. The zero-order valence-electron chi connectivity index (χ0n) is 51.1. The molecular weight excluding hydrogens is 1280 g/mol. The SMILES string of the molecule is CC(=O)NC1[C@H](O[C@H]2C(CO)O[C@@H](O[C@@H]3C(CO)O[C@@H](N(C)OCCCC(=O)CCCS)C(O)[C@H]3O)C(O)[C@H]2O[C@]2(C(=O)O)CC(O)[C@@H](C)[C@H]([C@H](O)[C@@H](CO)O[C@]3(C(=O)O)CC(O)[C@@H](C)[C@H]([C@H](O)[C@H](O)CO)O3)O2)OC(CO)[C@H](O)[C@@H]1O[C@@H]1OC(CO)[C@H](O)[C@H](O)C1O. The molecule has 93 heavy (non-hydrogen) atoms. The van der Waals surface area contributed by atoms with Gasteiger partial charge in [0.2, 0.25) is 5.91 Å². The van der Waals surface area contributed by atoms with E-state index in [1.54, 1.807) is 0 Å². The Hall–Kier alpha value is -2.81. The minimum Gasteiger partial charge on any atom is -0.477 e. The van der Waals surface area contributed by atoms with Gasteiger partial charge in [-0.3, -0.25) is 14.4 Å². The fourth-order valence-electron chi connectivity index (χ4n) is 11.9. The molecule has 6 aliphatic rings. The van der Waals surface area contributed by atoms with Crippen LogP contribution in [-0.4, -0.2) is 373 Å². The zero-order valence-corrected chi connectivity index (χ0v) is 52.0.